The Bertz CT molecular complexity index is 245. The van der Waals surface area contributed by atoms with Crippen molar-refractivity contribution in [2.24, 2.45) is 7.05 Å². The second-order valence-electron chi connectivity index (χ2n) is 3.36. The van der Waals surface area contributed by atoms with E-state index < -0.39 is 0 Å². The zero-order chi connectivity index (χ0) is 9.68. The number of nitrogens with zero attached hydrogens (tertiary/aromatic N) is 1. The molecule has 0 radical (unpaired) electrons. The predicted octanol–water partition coefficient (Wildman–Crippen LogP) is 1.15. The second-order valence-corrected chi connectivity index (χ2v) is 3.36. The molecule has 3 heteroatoms. The van der Waals surface area contributed by atoms with Crippen LogP contribution in [-0.4, -0.2) is 24.3 Å². The monoisotopic (exact) mass is 182 g/mol. The van der Waals surface area contributed by atoms with Gasteiger partial charge >= 0.3 is 0 Å². The van der Waals surface area contributed by atoms with Crippen LogP contribution < -0.4 is 5.32 Å². The van der Waals surface area contributed by atoms with Gasteiger partial charge in [0.2, 0.25) is 0 Å². The highest BCUT2D eigenvalue weighted by Crippen LogP contribution is 1.98. The van der Waals surface area contributed by atoms with E-state index in [9.17, 15) is 0 Å². The third kappa shape index (κ3) is 3.61. The molecule has 0 bridgehead atoms. The number of ether oxygens (including phenoxy) is 1. The quantitative estimate of drug-likeness (QED) is 0.739. The van der Waals surface area contributed by atoms with Gasteiger partial charge in [-0.2, -0.15) is 0 Å². The molecule has 1 rings (SSSR count). The van der Waals surface area contributed by atoms with Gasteiger partial charge in [-0.1, -0.05) is 0 Å². The molecular formula is C10H18N2O. The zero-order valence-corrected chi connectivity index (χ0v) is 8.58. The van der Waals surface area contributed by atoms with Gasteiger partial charge in [-0.05, 0) is 18.6 Å². The van der Waals surface area contributed by atoms with Gasteiger partial charge in [0.15, 0.2) is 0 Å². The molecule has 0 spiro atoms. The average Bonchev–Trinajstić information content (AvgIpc) is 2.51. The maximum absolute atomic E-state index is 5.13. The molecule has 1 aromatic heterocycles. The number of aromatic nitrogens is 1. The van der Waals surface area contributed by atoms with E-state index in [1.165, 1.54) is 5.56 Å². The molecule has 74 valence electrons. The van der Waals surface area contributed by atoms with Crippen LogP contribution in [0.2, 0.25) is 0 Å². The van der Waals surface area contributed by atoms with Crippen LogP contribution in [-0.2, 0) is 18.3 Å². The highest BCUT2D eigenvalue weighted by atomic mass is 16.5. The van der Waals surface area contributed by atoms with Gasteiger partial charge in [-0.15, -0.1) is 0 Å². The van der Waals surface area contributed by atoms with Crippen LogP contribution in [0.3, 0.4) is 0 Å². The normalized spacial score (nSPS) is 13.2. The first-order valence-corrected chi connectivity index (χ1v) is 4.56. The summed E-state index contributed by atoms with van der Waals surface area (Å²) in [5, 5.41) is 3.33. The number of hydrogen-bond acceptors (Lipinski definition) is 2. The number of aryl methyl sites for hydroxylation is 1. The van der Waals surface area contributed by atoms with Crippen molar-refractivity contribution < 1.29 is 4.74 Å². The molecule has 3 nitrogen and oxygen atoms in total. The summed E-state index contributed by atoms with van der Waals surface area (Å²) in [4.78, 5) is 0. The summed E-state index contributed by atoms with van der Waals surface area (Å²) in [5.74, 6) is 0. The molecular weight excluding hydrogens is 164 g/mol. The lowest BCUT2D eigenvalue weighted by molar-refractivity contribution is 0.117. The number of methoxy groups -OCH3 is 1. The van der Waals surface area contributed by atoms with Gasteiger partial charge in [0, 0.05) is 39.6 Å². The van der Waals surface area contributed by atoms with Crippen molar-refractivity contribution in [3.63, 3.8) is 0 Å². The minimum Gasteiger partial charge on any atom is -0.380 e. The lowest BCUT2D eigenvalue weighted by atomic mass is 10.3. The number of rotatable bonds is 5. The van der Waals surface area contributed by atoms with Crippen molar-refractivity contribution in [2.45, 2.75) is 19.6 Å². The minimum absolute atomic E-state index is 0.281. The maximum Gasteiger partial charge on any atom is 0.0667 e. The Balaban J connectivity index is 2.20. The van der Waals surface area contributed by atoms with Crippen molar-refractivity contribution >= 4 is 0 Å². The Labute approximate surface area is 79.7 Å². The van der Waals surface area contributed by atoms with E-state index in [4.69, 9.17) is 4.74 Å². The van der Waals surface area contributed by atoms with E-state index in [0.717, 1.165) is 13.1 Å². The Morgan fingerprint density at radius 3 is 2.92 bits per heavy atom. The fourth-order valence-electron chi connectivity index (χ4n) is 1.17. The van der Waals surface area contributed by atoms with Gasteiger partial charge < -0.3 is 14.6 Å². The SMILES string of the molecule is COC(C)CNCc1ccn(C)c1. The van der Waals surface area contributed by atoms with Crippen LogP contribution >= 0.6 is 0 Å². The Kier molecular flexibility index (Phi) is 3.99. The van der Waals surface area contributed by atoms with Crippen LogP contribution in [0.25, 0.3) is 0 Å². The highest BCUT2D eigenvalue weighted by Gasteiger charge is 1.98. The Morgan fingerprint density at radius 1 is 1.62 bits per heavy atom. The van der Waals surface area contributed by atoms with Crippen LogP contribution in [0.15, 0.2) is 18.5 Å². The fraction of sp³-hybridized carbons (Fsp3) is 0.600. The molecule has 13 heavy (non-hydrogen) atoms. The highest BCUT2D eigenvalue weighted by molar-refractivity contribution is 5.09. The van der Waals surface area contributed by atoms with Gasteiger partial charge in [-0.25, -0.2) is 0 Å². The number of nitrogens with one attached hydrogen (secondary N) is 1. The first-order valence-electron chi connectivity index (χ1n) is 4.56. The first kappa shape index (κ1) is 10.3. The molecule has 0 fully saturated rings. The van der Waals surface area contributed by atoms with Gasteiger partial charge in [0.05, 0.1) is 6.10 Å². The van der Waals surface area contributed by atoms with E-state index in [1.54, 1.807) is 7.11 Å². The minimum atomic E-state index is 0.281. The van der Waals surface area contributed by atoms with Crippen molar-refractivity contribution in [3.05, 3.63) is 24.0 Å². The molecule has 1 N–H and O–H groups in total. The van der Waals surface area contributed by atoms with Crippen molar-refractivity contribution in [3.8, 4) is 0 Å². The molecule has 0 aliphatic rings. The maximum atomic E-state index is 5.13. The largest absolute Gasteiger partial charge is 0.380 e. The summed E-state index contributed by atoms with van der Waals surface area (Å²) in [7, 11) is 3.76. The molecule has 0 saturated heterocycles. The van der Waals surface area contributed by atoms with Crippen LogP contribution in [0.5, 0.6) is 0 Å². The molecule has 1 aromatic rings. The van der Waals surface area contributed by atoms with Crippen molar-refractivity contribution in [2.75, 3.05) is 13.7 Å². The molecule has 0 aliphatic heterocycles. The summed E-state index contributed by atoms with van der Waals surface area (Å²) in [6.07, 6.45) is 4.45. The van der Waals surface area contributed by atoms with Crippen molar-refractivity contribution in [1.82, 2.24) is 9.88 Å². The second kappa shape index (κ2) is 5.04. The summed E-state index contributed by atoms with van der Waals surface area (Å²) >= 11 is 0. The number of hydrogen-bond donors (Lipinski definition) is 1. The lowest BCUT2D eigenvalue weighted by Gasteiger charge is -2.09. The zero-order valence-electron chi connectivity index (χ0n) is 8.58. The Hall–Kier alpha value is -0.800. The average molecular weight is 182 g/mol. The summed E-state index contributed by atoms with van der Waals surface area (Å²) < 4.78 is 7.18. The molecule has 1 atom stereocenters. The van der Waals surface area contributed by atoms with Gasteiger partial charge in [0.25, 0.3) is 0 Å². The van der Waals surface area contributed by atoms with E-state index in [2.05, 4.69) is 35.3 Å². The Morgan fingerprint density at radius 2 is 2.38 bits per heavy atom. The molecule has 0 aromatic carbocycles. The summed E-state index contributed by atoms with van der Waals surface area (Å²) in [6.45, 7) is 3.86. The van der Waals surface area contributed by atoms with E-state index in [-0.39, 0.29) is 6.10 Å². The topological polar surface area (TPSA) is 26.2 Å². The standard InChI is InChI=1S/C10H18N2O/c1-9(13-3)6-11-7-10-4-5-12(2)8-10/h4-5,8-9,11H,6-7H2,1-3H3. The summed E-state index contributed by atoms with van der Waals surface area (Å²) in [6, 6.07) is 2.12. The third-order valence-electron chi connectivity index (χ3n) is 2.06. The molecule has 0 saturated carbocycles. The smallest absolute Gasteiger partial charge is 0.0667 e. The predicted molar refractivity (Wildman–Crippen MR) is 53.6 cm³/mol. The molecule has 0 amide bonds. The molecule has 1 unspecified atom stereocenters. The fourth-order valence-corrected chi connectivity index (χ4v) is 1.17. The molecule has 0 aliphatic carbocycles. The first-order chi connectivity index (χ1) is 6.22. The van der Waals surface area contributed by atoms with Crippen LogP contribution in [0.1, 0.15) is 12.5 Å². The van der Waals surface area contributed by atoms with Gasteiger partial charge in [0.1, 0.15) is 0 Å². The van der Waals surface area contributed by atoms with Crippen LogP contribution in [0.4, 0.5) is 0 Å². The molecule has 1 heterocycles. The van der Waals surface area contributed by atoms with E-state index in [1.807, 2.05) is 7.05 Å². The van der Waals surface area contributed by atoms with Crippen molar-refractivity contribution in [1.29, 1.82) is 0 Å². The third-order valence-corrected chi connectivity index (χ3v) is 2.06. The van der Waals surface area contributed by atoms with Gasteiger partial charge in [-0.3, -0.25) is 0 Å². The lowest BCUT2D eigenvalue weighted by Crippen LogP contribution is -2.25. The van der Waals surface area contributed by atoms with E-state index >= 15 is 0 Å². The summed E-state index contributed by atoms with van der Waals surface area (Å²) in [5.41, 5.74) is 1.31. The van der Waals surface area contributed by atoms with Crippen LogP contribution in [0, 0.1) is 0 Å². The van der Waals surface area contributed by atoms with E-state index in [0.29, 0.717) is 0 Å².